The number of hydrogen-bond donors (Lipinski definition) is 1. The molecular weight excluding hydrogens is 375 g/mol. The van der Waals surface area contributed by atoms with Crippen LogP contribution in [-0.4, -0.2) is 32.1 Å². The SMILES string of the molecule is COC(=O)[C@H](Cc1ccc(OC)cc1)NC(=O)Cc1ccc(C(F)(F)F)cc1. The Hall–Kier alpha value is -3.03. The predicted molar refractivity (Wildman–Crippen MR) is 95.8 cm³/mol. The maximum absolute atomic E-state index is 12.6. The highest BCUT2D eigenvalue weighted by molar-refractivity contribution is 5.85. The molecule has 2 rings (SSSR count). The Morgan fingerprint density at radius 1 is 0.964 bits per heavy atom. The molecule has 0 aliphatic rings. The van der Waals surface area contributed by atoms with Gasteiger partial charge < -0.3 is 14.8 Å². The van der Waals surface area contributed by atoms with Crippen molar-refractivity contribution in [2.75, 3.05) is 14.2 Å². The summed E-state index contributed by atoms with van der Waals surface area (Å²) in [6.45, 7) is 0. The lowest BCUT2D eigenvalue weighted by molar-refractivity contribution is -0.145. The summed E-state index contributed by atoms with van der Waals surface area (Å²) in [4.78, 5) is 24.3. The van der Waals surface area contributed by atoms with Gasteiger partial charge in [0.05, 0.1) is 26.2 Å². The fourth-order valence-corrected chi connectivity index (χ4v) is 2.58. The summed E-state index contributed by atoms with van der Waals surface area (Å²) < 4.78 is 47.6. The van der Waals surface area contributed by atoms with E-state index >= 15 is 0 Å². The molecule has 1 atom stereocenters. The fourth-order valence-electron chi connectivity index (χ4n) is 2.58. The highest BCUT2D eigenvalue weighted by Gasteiger charge is 2.30. The van der Waals surface area contributed by atoms with E-state index in [1.165, 1.54) is 26.4 Å². The van der Waals surface area contributed by atoms with Crippen LogP contribution in [0.1, 0.15) is 16.7 Å². The number of ether oxygens (including phenoxy) is 2. The third-order valence-electron chi connectivity index (χ3n) is 4.07. The minimum Gasteiger partial charge on any atom is -0.497 e. The summed E-state index contributed by atoms with van der Waals surface area (Å²) in [5, 5.41) is 2.57. The Morgan fingerprint density at radius 2 is 1.54 bits per heavy atom. The first-order valence-electron chi connectivity index (χ1n) is 8.39. The van der Waals surface area contributed by atoms with Gasteiger partial charge in [-0.3, -0.25) is 4.79 Å². The van der Waals surface area contributed by atoms with Crippen LogP contribution in [-0.2, 0) is 33.3 Å². The van der Waals surface area contributed by atoms with E-state index in [1.807, 2.05) is 0 Å². The molecule has 8 heteroatoms. The summed E-state index contributed by atoms with van der Waals surface area (Å²) in [5.41, 5.74) is 0.396. The number of hydrogen-bond acceptors (Lipinski definition) is 4. The number of benzene rings is 2. The molecule has 0 radical (unpaired) electrons. The van der Waals surface area contributed by atoms with Crippen molar-refractivity contribution >= 4 is 11.9 Å². The molecule has 5 nitrogen and oxygen atoms in total. The van der Waals surface area contributed by atoms with E-state index in [4.69, 9.17) is 9.47 Å². The lowest BCUT2D eigenvalue weighted by atomic mass is 10.0. The van der Waals surface area contributed by atoms with Gasteiger partial charge >= 0.3 is 12.1 Å². The first kappa shape index (κ1) is 21.3. The highest BCUT2D eigenvalue weighted by Crippen LogP contribution is 2.29. The lowest BCUT2D eigenvalue weighted by Crippen LogP contribution is -2.43. The number of carbonyl (C=O) groups is 2. The molecule has 0 saturated heterocycles. The zero-order valence-electron chi connectivity index (χ0n) is 15.4. The van der Waals surface area contributed by atoms with Crippen molar-refractivity contribution < 1.29 is 32.2 Å². The van der Waals surface area contributed by atoms with Crippen LogP contribution >= 0.6 is 0 Å². The van der Waals surface area contributed by atoms with Gasteiger partial charge in [0.1, 0.15) is 11.8 Å². The molecule has 150 valence electrons. The minimum absolute atomic E-state index is 0.158. The molecule has 0 spiro atoms. The van der Waals surface area contributed by atoms with Crippen molar-refractivity contribution in [3.05, 3.63) is 65.2 Å². The smallest absolute Gasteiger partial charge is 0.416 e. The van der Waals surface area contributed by atoms with Crippen molar-refractivity contribution in [3.63, 3.8) is 0 Å². The standard InChI is InChI=1S/C20H20F3NO4/c1-27-16-9-5-13(6-10-16)11-17(19(26)28-2)24-18(25)12-14-3-7-15(8-4-14)20(21,22)23/h3-10,17H,11-12H2,1-2H3,(H,24,25)/t17-/m0/s1. The van der Waals surface area contributed by atoms with Crippen molar-refractivity contribution in [2.24, 2.45) is 0 Å². The van der Waals surface area contributed by atoms with Gasteiger partial charge in [-0.15, -0.1) is 0 Å². The van der Waals surface area contributed by atoms with Crippen LogP contribution in [0.15, 0.2) is 48.5 Å². The summed E-state index contributed by atoms with van der Waals surface area (Å²) >= 11 is 0. The van der Waals surface area contributed by atoms with Crippen LogP contribution in [0.3, 0.4) is 0 Å². The van der Waals surface area contributed by atoms with Gasteiger partial charge in [-0.05, 0) is 35.4 Å². The molecule has 0 aliphatic heterocycles. The van der Waals surface area contributed by atoms with Crippen LogP contribution < -0.4 is 10.1 Å². The van der Waals surface area contributed by atoms with Crippen LogP contribution in [0.2, 0.25) is 0 Å². The van der Waals surface area contributed by atoms with Gasteiger partial charge in [-0.1, -0.05) is 24.3 Å². The molecule has 0 heterocycles. The average Bonchev–Trinajstić information content (AvgIpc) is 2.67. The zero-order chi connectivity index (χ0) is 20.7. The quantitative estimate of drug-likeness (QED) is 0.732. The normalized spacial score (nSPS) is 12.2. The number of carbonyl (C=O) groups excluding carboxylic acids is 2. The average molecular weight is 395 g/mol. The summed E-state index contributed by atoms with van der Waals surface area (Å²) in [6, 6.07) is 10.4. The maximum atomic E-state index is 12.6. The second kappa shape index (κ2) is 9.25. The first-order chi connectivity index (χ1) is 13.2. The minimum atomic E-state index is -4.44. The van der Waals surface area contributed by atoms with Gasteiger partial charge in [0, 0.05) is 6.42 Å². The third-order valence-corrected chi connectivity index (χ3v) is 4.07. The van der Waals surface area contributed by atoms with Crippen molar-refractivity contribution in [3.8, 4) is 5.75 Å². The van der Waals surface area contributed by atoms with Crippen molar-refractivity contribution in [2.45, 2.75) is 25.1 Å². The van der Waals surface area contributed by atoms with Gasteiger partial charge in [-0.2, -0.15) is 13.2 Å². The van der Waals surface area contributed by atoms with Crippen LogP contribution in [0.25, 0.3) is 0 Å². The van der Waals surface area contributed by atoms with Gasteiger partial charge in [0.2, 0.25) is 5.91 Å². The predicted octanol–water partition coefficient (Wildman–Crippen LogP) is 3.16. The van der Waals surface area contributed by atoms with E-state index in [0.29, 0.717) is 11.3 Å². The number of rotatable bonds is 7. The molecule has 1 amide bonds. The number of nitrogens with one attached hydrogen (secondary N) is 1. The molecule has 0 aliphatic carbocycles. The summed E-state index contributed by atoms with van der Waals surface area (Å²) in [6.07, 6.45) is -4.39. The monoisotopic (exact) mass is 395 g/mol. The second-order valence-electron chi connectivity index (χ2n) is 6.07. The first-order valence-corrected chi connectivity index (χ1v) is 8.39. The molecule has 28 heavy (non-hydrogen) atoms. The van der Waals surface area contributed by atoms with E-state index in [0.717, 1.165) is 17.7 Å². The molecule has 1 N–H and O–H groups in total. The zero-order valence-corrected chi connectivity index (χ0v) is 15.4. The van der Waals surface area contributed by atoms with Crippen molar-refractivity contribution in [1.29, 1.82) is 0 Å². The molecule has 2 aromatic rings. The van der Waals surface area contributed by atoms with Gasteiger partial charge in [0.15, 0.2) is 0 Å². The number of esters is 1. The molecule has 2 aromatic carbocycles. The van der Waals surface area contributed by atoms with E-state index < -0.39 is 29.7 Å². The van der Waals surface area contributed by atoms with Crippen LogP contribution in [0.4, 0.5) is 13.2 Å². The number of methoxy groups -OCH3 is 2. The van der Waals surface area contributed by atoms with E-state index in [9.17, 15) is 22.8 Å². The molecule has 0 saturated carbocycles. The number of halogens is 3. The number of amides is 1. The molecule has 0 bridgehead atoms. The molecule has 0 aromatic heterocycles. The highest BCUT2D eigenvalue weighted by atomic mass is 19.4. The summed E-state index contributed by atoms with van der Waals surface area (Å²) in [5.74, 6) is -0.454. The lowest BCUT2D eigenvalue weighted by Gasteiger charge is -2.17. The molecular formula is C20H20F3NO4. The Labute approximate surface area is 160 Å². The maximum Gasteiger partial charge on any atom is 0.416 e. The Balaban J connectivity index is 2.02. The van der Waals surface area contributed by atoms with Crippen LogP contribution in [0.5, 0.6) is 5.75 Å². The van der Waals surface area contributed by atoms with E-state index in [1.54, 1.807) is 24.3 Å². The third kappa shape index (κ3) is 6.00. The topological polar surface area (TPSA) is 64.6 Å². The second-order valence-corrected chi connectivity index (χ2v) is 6.07. The van der Waals surface area contributed by atoms with E-state index in [-0.39, 0.29) is 12.8 Å². The molecule has 0 unspecified atom stereocenters. The Kier molecular flexibility index (Phi) is 7.03. The van der Waals surface area contributed by atoms with Gasteiger partial charge in [-0.25, -0.2) is 4.79 Å². The largest absolute Gasteiger partial charge is 0.497 e. The fraction of sp³-hybridized carbons (Fsp3) is 0.300. The summed E-state index contributed by atoms with van der Waals surface area (Å²) in [7, 11) is 2.75. The molecule has 0 fully saturated rings. The van der Waals surface area contributed by atoms with Crippen LogP contribution in [0, 0.1) is 0 Å². The van der Waals surface area contributed by atoms with Gasteiger partial charge in [0.25, 0.3) is 0 Å². The Bertz CT molecular complexity index is 802. The number of alkyl halides is 3. The Morgan fingerprint density at radius 3 is 2.04 bits per heavy atom. The van der Waals surface area contributed by atoms with Crippen molar-refractivity contribution in [1.82, 2.24) is 5.32 Å². The van der Waals surface area contributed by atoms with E-state index in [2.05, 4.69) is 5.32 Å².